The second-order valence-electron chi connectivity index (χ2n) is 4.58. The van der Waals surface area contributed by atoms with Crippen LogP contribution >= 0.6 is 11.3 Å². The lowest BCUT2D eigenvalue weighted by molar-refractivity contribution is -0.136. The first-order valence-electron chi connectivity index (χ1n) is 6.12. The number of hydrogen-bond acceptors (Lipinski definition) is 5. The topological polar surface area (TPSA) is 88.5 Å². The zero-order chi connectivity index (χ0) is 13.8. The average molecular weight is 284 g/mol. The van der Waals surface area contributed by atoms with E-state index in [-0.39, 0.29) is 13.0 Å². The van der Waals surface area contributed by atoms with Crippen molar-refractivity contribution in [3.63, 3.8) is 0 Å². The van der Waals surface area contributed by atoms with E-state index in [4.69, 9.17) is 9.84 Å². The van der Waals surface area contributed by atoms with Crippen molar-refractivity contribution in [2.45, 2.75) is 32.7 Å². The highest BCUT2D eigenvalue weighted by atomic mass is 32.1. The Morgan fingerprint density at radius 3 is 2.89 bits per heavy atom. The number of carboxylic acid groups (broad SMARTS) is 1. The Morgan fingerprint density at radius 1 is 1.53 bits per heavy atom. The summed E-state index contributed by atoms with van der Waals surface area (Å²) < 4.78 is 5.02. The third-order valence-electron chi connectivity index (χ3n) is 2.78. The number of nitrogens with zero attached hydrogens (tertiary/aromatic N) is 1. The number of aromatic nitrogens is 1. The Hall–Kier alpha value is -1.63. The van der Waals surface area contributed by atoms with Crippen LogP contribution in [0.4, 0.5) is 4.79 Å². The summed E-state index contributed by atoms with van der Waals surface area (Å²) in [5, 5.41) is 12.0. The molecule has 1 amide bonds. The Kier molecular flexibility index (Phi) is 4.36. The molecule has 19 heavy (non-hydrogen) atoms. The normalized spacial score (nSPS) is 14.2. The van der Waals surface area contributed by atoms with Gasteiger partial charge in [-0.2, -0.15) is 0 Å². The fraction of sp³-hybridized carbons (Fsp3) is 0.583. The molecule has 1 heterocycles. The number of amides is 1. The summed E-state index contributed by atoms with van der Waals surface area (Å²) in [6.07, 6.45) is 1.80. The van der Waals surface area contributed by atoms with E-state index in [9.17, 15) is 9.59 Å². The molecule has 1 saturated carbocycles. The number of thiazole rings is 1. The van der Waals surface area contributed by atoms with Gasteiger partial charge in [0, 0.05) is 4.88 Å². The van der Waals surface area contributed by atoms with Crippen LogP contribution in [0.1, 0.15) is 28.4 Å². The number of hydrogen-bond donors (Lipinski definition) is 2. The average Bonchev–Trinajstić information content (AvgIpc) is 3.10. The highest BCUT2D eigenvalue weighted by molar-refractivity contribution is 7.11. The summed E-state index contributed by atoms with van der Waals surface area (Å²) in [6, 6.07) is 0. The van der Waals surface area contributed by atoms with Gasteiger partial charge in [0.05, 0.1) is 25.3 Å². The fourth-order valence-electron chi connectivity index (χ4n) is 1.54. The summed E-state index contributed by atoms with van der Waals surface area (Å²) in [6.45, 7) is 2.52. The first-order valence-corrected chi connectivity index (χ1v) is 6.94. The van der Waals surface area contributed by atoms with E-state index in [1.165, 1.54) is 11.3 Å². The van der Waals surface area contributed by atoms with Gasteiger partial charge in [0.1, 0.15) is 5.01 Å². The van der Waals surface area contributed by atoms with Gasteiger partial charge in [-0.25, -0.2) is 9.78 Å². The van der Waals surface area contributed by atoms with E-state index < -0.39 is 12.1 Å². The molecule has 0 spiro atoms. The lowest BCUT2D eigenvalue weighted by Gasteiger charge is -2.04. The Morgan fingerprint density at radius 2 is 2.26 bits per heavy atom. The number of carbonyl (C=O) groups excluding carboxylic acids is 1. The number of alkyl carbamates (subject to hydrolysis) is 1. The molecule has 6 nitrogen and oxygen atoms in total. The molecule has 0 aliphatic heterocycles. The maximum absolute atomic E-state index is 11.4. The number of carbonyl (C=O) groups is 2. The minimum atomic E-state index is -0.880. The van der Waals surface area contributed by atoms with Crippen LogP contribution in [-0.2, 0) is 22.5 Å². The van der Waals surface area contributed by atoms with Crippen molar-refractivity contribution in [3.8, 4) is 0 Å². The van der Waals surface area contributed by atoms with Crippen LogP contribution in [0.25, 0.3) is 0 Å². The molecule has 2 rings (SSSR count). The second-order valence-corrected chi connectivity index (χ2v) is 5.75. The molecule has 1 aromatic rings. The zero-order valence-electron chi connectivity index (χ0n) is 10.6. The van der Waals surface area contributed by atoms with Gasteiger partial charge < -0.3 is 15.2 Å². The molecule has 0 radical (unpaired) electrons. The van der Waals surface area contributed by atoms with Gasteiger partial charge in [-0.1, -0.05) is 0 Å². The number of ether oxygens (including phenoxy) is 1. The molecule has 2 N–H and O–H groups in total. The molecule has 1 aromatic heterocycles. The minimum absolute atomic E-state index is 0.0321. The number of carboxylic acids is 1. The highest BCUT2D eigenvalue weighted by Crippen LogP contribution is 2.28. The van der Waals surface area contributed by atoms with Crippen molar-refractivity contribution in [1.29, 1.82) is 0 Å². The molecule has 104 valence electrons. The van der Waals surface area contributed by atoms with Crippen LogP contribution in [0.2, 0.25) is 0 Å². The fourth-order valence-corrected chi connectivity index (χ4v) is 2.54. The first kappa shape index (κ1) is 13.8. The maximum Gasteiger partial charge on any atom is 0.407 e. The second kappa shape index (κ2) is 6.01. The van der Waals surface area contributed by atoms with Crippen LogP contribution in [0.3, 0.4) is 0 Å². The van der Waals surface area contributed by atoms with Gasteiger partial charge in [0.2, 0.25) is 0 Å². The lowest BCUT2D eigenvalue weighted by Crippen LogP contribution is -2.24. The van der Waals surface area contributed by atoms with Crippen molar-refractivity contribution < 1.29 is 19.4 Å². The van der Waals surface area contributed by atoms with Crippen LogP contribution in [-0.4, -0.2) is 28.8 Å². The predicted octanol–water partition coefficient (Wildman–Crippen LogP) is 1.71. The van der Waals surface area contributed by atoms with E-state index >= 15 is 0 Å². The third kappa shape index (κ3) is 4.51. The van der Waals surface area contributed by atoms with Gasteiger partial charge in [0.25, 0.3) is 0 Å². The Labute approximate surface area is 114 Å². The largest absolute Gasteiger partial charge is 0.481 e. The summed E-state index contributed by atoms with van der Waals surface area (Å²) in [5.74, 6) is -0.342. The Bertz CT molecular complexity index is 482. The zero-order valence-corrected chi connectivity index (χ0v) is 11.5. The molecule has 0 unspecified atom stereocenters. The monoisotopic (exact) mass is 284 g/mol. The summed E-state index contributed by atoms with van der Waals surface area (Å²) in [5.41, 5.74) is 0.704. The van der Waals surface area contributed by atoms with Gasteiger partial charge in [-0.05, 0) is 25.7 Å². The molecule has 1 fully saturated rings. The quantitative estimate of drug-likeness (QED) is 0.830. The van der Waals surface area contributed by atoms with Crippen LogP contribution < -0.4 is 5.32 Å². The molecule has 0 atom stereocenters. The van der Waals surface area contributed by atoms with Crippen molar-refractivity contribution in [2.24, 2.45) is 5.92 Å². The van der Waals surface area contributed by atoms with Crippen molar-refractivity contribution in [1.82, 2.24) is 10.3 Å². The SMILES string of the molecule is Cc1nc(CNC(=O)OCC2CC2)sc1CC(=O)O. The highest BCUT2D eigenvalue weighted by Gasteiger charge is 2.23. The predicted molar refractivity (Wildman–Crippen MR) is 69.1 cm³/mol. The Balaban J connectivity index is 1.78. The molecule has 0 aromatic carbocycles. The molecule has 1 aliphatic rings. The molecular weight excluding hydrogens is 268 g/mol. The number of nitrogens with one attached hydrogen (secondary N) is 1. The van der Waals surface area contributed by atoms with Crippen molar-refractivity contribution in [3.05, 3.63) is 15.6 Å². The van der Waals surface area contributed by atoms with Crippen LogP contribution in [0, 0.1) is 12.8 Å². The summed E-state index contributed by atoms with van der Waals surface area (Å²) in [4.78, 5) is 27.0. The number of aryl methyl sites for hydroxylation is 1. The number of aliphatic carboxylic acids is 1. The van der Waals surface area contributed by atoms with E-state index in [0.717, 1.165) is 17.7 Å². The molecule has 7 heteroatoms. The van der Waals surface area contributed by atoms with Gasteiger partial charge in [-0.15, -0.1) is 11.3 Å². The first-order chi connectivity index (χ1) is 9.04. The smallest absolute Gasteiger partial charge is 0.407 e. The van der Waals surface area contributed by atoms with Crippen LogP contribution in [0.15, 0.2) is 0 Å². The van der Waals surface area contributed by atoms with Gasteiger partial charge in [0.15, 0.2) is 0 Å². The van der Waals surface area contributed by atoms with Gasteiger partial charge in [-0.3, -0.25) is 4.79 Å². The van der Waals surface area contributed by atoms with Crippen molar-refractivity contribution in [2.75, 3.05) is 6.61 Å². The summed E-state index contributed by atoms with van der Waals surface area (Å²) >= 11 is 1.30. The molecule has 1 aliphatic carbocycles. The standard InChI is InChI=1S/C12H16N2O4S/c1-7-9(4-11(15)16)19-10(14-7)5-13-12(17)18-6-8-2-3-8/h8H,2-6H2,1H3,(H,13,17)(H,15,16). The van der Waals surface area contributed by atoms with Gasteiger partial charge >= 0.3 is 12.1 Å². The van der Waals surface area contributed by atoms with E-state index in [1.54, 1.807) is 6.92 Å². The minimum Gasteiger partial charge on any atom is -0.481 e. The number of rotatable bonds is 6. The molecule has 0 bridgehead atoms. The molecular formula is C12H16N2O4S. The van der Waals surface area contributed by atoms with Crippen molar-refractivity contribution >= 4 is 23.4 Å². The lowest BCUT2D eigenvalue weighted by atomic mass is 10.3. The van der Waals surface area contributed by atoms with E-state index in [0.29, 0.717) is 23.2 Å². The van der Waals surface area contributed by atoms with E-state index in [2.05, 4.69) is 10.3 Å². The molecule has 0 saturated heterocycles. The maximum atomic E-state index is 11.4. The van der Waals surface area contributed by atoms with E-state index in [1.807, 2.05) is 0 Å². The third-order valence-corrected chi connectivity index (χ3v) is 3.94. The van der Waals surface area contributed by atoms with Crippen LogP contribution in [0.5, 0.6) is 0 Å². The summed E-state index contributed by atoms with van der Waals surface area (Å²) in [7, 11) is 0.